The Hall–Kier alpha value is -2.02. The van der Waals surface area contributed by atoms with E-state index in [1.54, 1.807) is 16.4 Å². The van der Waals surface area contributed by atoms with Crippen LogP contribution in [0.2, 0.25) is 0 Å². The summed E-state index contributed by atoms with van der Waals surface area (Å²) in [5, 5.41) is 9.21. The standard InChI is InChI=1S/C15H17F2N3O2/c1-9-18-12-3-10(16)11(17)4-13(12)20(9)5-14(22)19-6-15(2,7-19)8-21/h3-4,21H,5-8H2,1-2H3. The second kappa shape index (κ2) is 5.01. The number of nitrogens with zero attached hydrogens (tertiary/aromatic N) is 3. The smallest absolute Gasteiger partial charge is 0.242 e. The van der Waals surface area contributed by atoms with Gasteiger partial charge in [-0.1, -0.05) is 6.92 Å². The molecule has 22 heavy (non-hydrogen) atoms. The minimum atomic E-state index is -0.960. The zero-order valence-corrected chi connectivity index (χ0v) is 12.4. The summed E-state index contributed by atoms with van der Waals surface area (Å²) >= 11 is 0. The third-order valence-electron chi connectivity index (χ3n) is 4.15. The van der Waals surface area contributed by atoms with Crippen LogP contribution in [-0.4, -0.2) is 45.2 Å². The minimum Gasteiger partial charge on any atom is -0.396 e. The highest BCUT2D eigenvalue weighted by Crippen LogP contribution is 2.29. The topological polar surface area (TPSA) is 58.4 Å². The zero-order chi connectivity index (χ0) is 16.1. The molecule has 1 amide bonds. The lowest BCUT2D eigenvalue weighted by atomic mass is 9.83. The molecule has 0 unspecified atom stereocenters. The maximum absolute atomic E-state index is 13.4. The monoisotopic (exact) mass is 309 g/mol. The van der Waals surface area contributed by atoms with Crippen molar-refractivity contribution in [2.75, 3.05) is 19.7 Å². The van der Waals surface area contributed by atoms with Crippen LogP contribution in [0.4, 0.5) is 8.78 Å². The molecule has 5 nitrogen and oxygen atoms in total. The number of aromatic nitrogens is 2. The van der Waals surface area contributed by atoms with Gasteiger partial charge in [-0.25, -0.2) is 13.8 Å². The van der Waals surface area contributed by atoms with Crippen LogP contribution in [0.5, 0.6) is 0 Å². The SMILES string of the molecule is Cc1nc2cc(F)c(F)cc2n1CC(=O)N1CC(C)(CO)C1. The lowest BCUT2D eigenvalue weighted by molar-refractivity contribution is -0.145. The lowest BCUT2D eigenvalue weighted by Crippen LogP contribution is -2.59. The second-order valence-corrected chi connectivity index (χ2v) is 6.22. The van der Waals surface area contributed by atoms with Crippen LogP contribution in [0.15, 0.2) is 12.1 Å². The summed E-state index contributed by atoms with van der Waals surface area (Å²) < 4.78 is 28.2. The number of fused-ring (bicyclic) bond motifs is 1. The Kier molecular flexibility index (Phi) is 3.40. The van der Waals surface area contributed by atoms with E-state index in [1.807, 2.05) is 6.92 Å². The number of aliphatic hydroxyl groups is 1. The van der Waals surface area contributed by atoms with Crippen molar-refractivity contribution in [2.24, 2.45) is 5.41 Å². The van der Waals surface area contributed by atoms with Gasteiger partial charge in [-0.15, -0.1) is 0 Å². The number of likely N-dealkylation sites (tertiary alicyclic amines) is 1. The predicted molar refractivity (Wildman–Crippen MR) is 76.2 cm³/mol. The molecule has 0 bridgehead atoms. The van der Waals surface area contributed by atoms with E-state index in [-0.39, 0.29) is 24.5 Å². The molecular weight excluding hydrogens is 292 g/mol. The highest BCUT2D eigenvalue weighted by Gasteiger charge is 2.40. The first-order valence-corrected chi connectivity index (χ1v) is 7.03. The number of carbonyl (C=O) groups excluding carboxylic acids is 1. The second-order valence-electron chi connectivity index (χ2n) is 6.22. The highest BCUT2D eigenvalue weighted by atomic mass is 19.2. The maximum atomic E-state index is 13.4. The van der Waals surface area contributed by atoms with Crippen molar-refractivity contribution in [3.63, 3.8) is 0 Å². The lowest BCUT2D eigenvalue weighted by Gasteiger charge is -2.47. The number of aliphatic hydroxyl groups excluding tert-OH is 1. The zero-order valence-electron chi connectivity index (χ0n) is 12.4. The third kappa shape index (κ3) is 2.35. The van der Waals surface area contributed by atoms with E-state index in [2.05, 4.69) is 4.98 Å². The maximum Gasteiger partial charge on any atom is 0.242 e. The quantitative estimate of drug-likeness (QED) is 0.934. The first-order valence-electron chi connectivity index (χ1n) is 7.03. The van der Waals surface area contributed by atoms with Crippen LogP contribution in [0.25, 0.3) is 11.0 Å². The number of aryl methyl sites for hydroxylation is 1. The van der Waals surface area contributed by atoms with Crippen LogP contribution in [0.3, 0.4) is 0 Å². The fourth-order valence-corrected chi connectivity index (χ4v) is 2.83. The summed E-state index contributed by atoms with van der Waals surface area (Å²) in [7, 11) is 0. The van der Waals surface area contributed by atoms with E-state index < -0.39 is 11.6 Å². The van der Waals surface area contributed by atoms with Gasteiger partial charge in [0.1, 0.15) is 12.4 Å². The van der Waals surface area contributed by atoms with Crippen LogP contribution >= 0.6 is 0 Å². The minimum absolute atomic E-state index is 0.0227. The summed E-state index contributed by atoms with van der Waals surface area (Å²) in [6.45, 7) is 4.65. The number of hydrogen-bond donors (Lipinski definition) is 1. The van der Waals surface area contributed by atoms with Crippen LogP contribution in [0.1, 0.15) is 12.7 Å². The molecule has 0 saturated carbocycles. The number of hydrogen-bond acceptors (Lipinski definition) is 3. The highest BCUT2D eigenvalue weighted by molar-refractivity contribution is 5.81. The molecule has 7 heteroatoms. The average molecular weight is 309 g/mol. The summed E-state index contributed by atoms with van der Waals surface area (Å²) in [6, 6.07) is 2.09. The van der Waals surface area contributed by atoms with E-state index in [0.717, 1.165) is 12.1 Å². The number of halogens is 2. The average Bonchev–Trinajstić information content (AvgIpc) is 2.72. The predicted octanol–water partition coefficient (Wildman–Crippen LogP) is 1.46. The van der Waals surface area contributed by atoms with Gasteiger partial charge in [0.25, 0.3) is 0 Å². The van der Waals surface area contributed by atoms with Gasteiger partial charge in [0, 0.05) is 30.6 Å². The normalized spacial score (nSPS) is 16.9. The molecule has 1 fully saturated rings. The summed E-state index contributed by atoms with van der Waals surface area (Å²) in [5.74, 6) is -1.51. The molecule has 0 atom stereocenters. The molecule has 0 aliphatic carbocycles. The molecule has 1 aliphatic rings. The first-order chi connectivity index (χ1) is 10.3. The molecule has 2 aromatic rings. The third-order valence-corrected chi connectivity index (χ3v) is 4.15. The Labute approximate surface area is 126 Å². The van der Waals surface area contributed by atoms with Gasteiger partial charge in [-0.05, 0) is 6.92 Å². The number of imidazole rings is 1. The number of amides is 1. The molecule has 0 radical (unpaired) electrons. The van der Waals surface area contributed by atoms with Crippen LogP contribution in [0, 0.1) is 24.0 Å². The summed E-state index contributed by atoms with van der Waals surface area (Å²) in [4.78, 5) is 18.1. The first kappa shape index (κ1) is 14.9. The largest absolute Gasteiger partial charge is 0.396 e. The molecule has 1 aromatic carbocycles. The van der Waals surface area contributed by atoms with Gasteiger partial charge >= 0.3 is 0 Å². The Morgan fingerprint density at radius 3 is 2.64 bits per heavy atom. The fraction of sp³-hybridized carbons (Fsp3) is 0.467. The molecule has 1 aliphatic heterocycles. The van der Waals surface area contributed by atoms with Crippen LogP contribution in [-0.2, 0) is 11.3 Å². The number of benzene rings is 1. The van der Waals surface area contributed by atoms with Gasteiger partial charge in [0.2, 0.25) is 5.91 Å². The molecule has 2 heterocycles. The molecule has 118 valence electrons. The summed E-state index contributed by atoms with van der Waals surface area (Å²) in [5.41, 5.74) is 0.486. The fourth-order valence-electron chi connectivity index (χ4n) is 2.83. The van der Waals surface area contributed by atoms with Crippen LogP contribution < -0.4 is 0 Å². The molecule has 3 rings (SSSR count). The van der Waals surface area contributed by atoms with Crippen molar-refractivity contribution >= 4 is 16.9 Å². The Morgan fingerprint density at radius 2 is 2.00 bits per heavy atom. The molecule has 1 N–H and O–H groups in total. The Morgan fingerprint density at radius 1 is 1.36 bits per heavy atom. The van der Waals surface area contributed by atoms with E-state index in [0.29, 0.717) is 29.9 Å². The Bertz CT molecular complexity index is 751. The van der Waals surface area contributed by atoms with Gasteiger partial charge in [-0.3, -0.25) is 4.79 Å². The van der Waals surface area contributed by atoms with E-state index in [9.17, 15) is 18.7 Å². The van der Waals surface area contributed by atoms with Crippen molar-refractivity contribution in [3.05, 3.63) is 29.6 Å². The van der Waals surface area contributed by atoms with Crippen molar-refractivity contribution in [2.45, 2.75) is 20.4 Å². The van der Waals surface area contributed by atoms with Crippen molar-refractivity contribution in [3.8, 4) is 0 Å². The van der Waals surface area contributed by atoms with Gasteiger partial charge in [-0.2, -0.15) is 0 Å². The number of rotatable bonds is 3. The molecular formula is C15H17F2N3O2. The van der Waals surface area contributed by atoms with Gasteiger partial charge in [0.15, 0.2) is 11.6 Å². The summed E-state index contributed by atoms with van der Waals surface area (Å²) in [6.07, 6.45) is 0. The molecule has 0 spiro atoms. The van der Waals surface area contributed by atoms with E-state index >= 15 is 0 Å². The number of carbonyl (C=O) groups is 1. The van der Waals surface area contributed by atoms with Gasteiger partial charge in [0.05, 0.1) is 17.6 Å². The van der Waals surface area contributed by atoms with Crippen molar-refractivity contribution in [1.29, 1.82) is 0 Å². The van der Waals surface area contributed by atoms with Gasteiger partial charge < -0.3 is 14.6 Å². The molecule has 1 saturated heterocycles. The van der Waals surface area contributed by atoms with Crippen molar-refractivity contribution < 1.29 is 18.7 Å². The Balaban J connectivity index is 1.84. The van der Waals surface area contributed by atoms with Crippen molar-refractivity contribution in [1.82, 2.24) is 14.5 Å². The van der Waals surface area contributed by atoms with E-state index in [4.69, 9.17) is 0 Å². The van der Waals surface area contributed by atoms with E-state index in [1.165, 1.54) is 0 Å². The molecule has 1 aromatic heterocycles.